The van der Waals surface area contributed by atoms with Gasteiger partial charge in [-0.3, -0.25) is 9.69 Å². The highest BCUT2D eigenvalue weighted by molar-refractivity contribution is 5.75. The molecule has 2 heterocycles. The Morgan fingerprint density at radius 3 is 2.85 bits per heavy atom. The van der Waals surface area contributed by atoms with E-state index >= 15 is 0 Å². The van der Waals surface area contributed by atoms with Gasteiger partial charge in [0.2, 0.25) is 0 Å². The zero-order valence-electron chi connectivity index (χ0n) is 16.0. The standard InChI is InChI=1S/C20H30N4O2/c1-4-17-20(25)23-19-13-15(5-6-18(19)22-17)14(2)24-10-7-16(8-11-24)21-9-12-26-3/h5-6,13-14,16,21H,4,7-12H2,1-3H3,(H,23,25). The van der Waals surface area contributed by atoms with Crippen LogP contribution in [-0.4, -0.2) is 54.3 Å². The van der Waals surface area contributed by atoms with Crippen molar-refractivity contribution in [3.05, 3.63) is 39.8 Å². The maximum atomic E-state index is 12.0. The first-order valence-corrected chi connectivity index (χ1v) is 9.61. The molecule has 26 heavy (non-hydrogen) atoms. The van der Waals surface area contributed by atoms with Crippen LogP contribution in [0.15, 0.2) is 23.0 Å². The molecule has 1 unspecified atom stereocenters. The third kappa shape index (κ3) is 4.31. The zero-order valence-corrected chi connectivity index (χ0v) is 16.0. The SMILES string of the molecule is CCc1nc2ccc(C(C)N3CCC(NCCOC)CC3)cc2[nH]c1=O. The summed E-state index contributed by atoms with van der Waals surface area (Å²) in [4.78, 5) is 22.0. The molecule has 1 aromatic carbocycles. The molecule has 0 spiro atoms. The number of ether oxygens (including phenoxy) is 1. The summed E-state index contributed by atoms with van der Waals surface area (Å²) >= 11 is 0. The fourth-order valence-corrected chi connectivity index (χ4v) is 3.71. The number of aromatic nitrogens is 2. The average molecular weight is 358 g/mol. The lowest BCUT2D eigenvalue weighted by molar-refractivity contribution is 0.144. The number of aromatic amines is 1. The van der Waals surface area contributed by atoms with Crippen molar-refractivity contribution in [3.63, 3.8) is 0 Å². The summed E-state index contributed by atoms with van der Waals surface area (Å²) in [5.41, 5.74) is 3.44. The van der Waals surface area contributed by atoms with Crippen LogP contribution in [-0.2, 0) is 11.2 Å². The van der Waals surface area contributed by atoms with Gasteiger partial charge in [-0.25, -0.2) is 4.98 Å². The van der Waals surface area contributed by atoms with Crippen LogP contribution in [0.1, 0.15) is 44.0 Å². The first-order chi connectivity index (χ1) is 12.6. The molecule has 1 aliphatic heterocycles. The predicted molar refractivity (Wildman–Crippen MR) is 105 cm³/mol. The quantitative estimate of drug-likeness (QED) is 0.743. The fourth-order valence-electron chi connectivity index (χ4n) is 3.71. The van der Waals surface area contributed by atoms with Gasteiger partial charge in [-0.05, 0) is 43.9 Å². The van der Waals surface area contributed by atoms with E-state index in [9.17, 15) is 4.79 Å². The summed E-state index contributed by atoms with van der Waals surface area (Å²) < 4.78 is 5.10. The fraction of sp³-hybridized carbons (Fsp3) is 0.600. The molecule has 1 fully saturated rings. The summed E-state index contributed by atoms with van der Waals surface area (Å²) in [6.45, 7) is 8.03. The highest BCUT2D eigenvalue weighted by Crippen LogP contribution is 2.26. The number of piperidine rings is 1. The Balaban J connectivity index is 1.66. The van der Waals surface area contributed by atoms with Crippen molar-refractivity contribution in [2.24, 2.45) is 0 Å². The van der Waals surface area contributed by atoms with Crippen LogP contribution < -0.4 is 10.9 Å². The summed E-state index contributed by atoms with van der Waals surface area (Å²) in [6.07, 6.45) is 2.95. The molecule has 1 aliphatic rings. The van der Waals surface area contributed by atoms with Gasteiger partial charge < -0.3 is 15.0 Å². The molecule has 3 rings (SSSR count). The zero-order chi connectivity index (χ0) is 18.5. The summed E-state index contributed by atoms with van der Waals surface area (Å²) in [5, 5.41) is 3.56. The van der Waals surface area contributed by atoms with Crippen LogP contribution in [0.3, 0.4) is 0 Å². The molecule has 6 heteroatoms. The van der Waals surface area contributed by atoms with E-state index in [0.717, 1.165) is 50.1 Å². The normalized spacial score (nSPS) is 17.7. The molecule has 0 aliphatic carbocycles. The monoisotopic (exact) mass is 358 g/mol. The number of likely N-dealkylation sites (tertiary alicyclic amines) is 1. The predicted octanol–water partition coefficient (Wildman–Crippen LogP) is 2.25. The smallest absolute Gasteiger partial charge is 0.270 e. The van der Waals surface area contributed by atoms with Crippen LogP contribution in [0.2, 0.25) is 0 Å². The number of aryl methyl sites for hydroxylation is 1. The van der Waals surface area contributed by atoms with E-state index in [1.807, 2.05) is 13.0 Å². The number of hydrogen-bond donors (Lipinski definition) is 2. The third-order valence-electron chi connectivity index (χ3n) is 5.42. The van der Waals surface area contributed by atoms with Crippen molar-refractivity contribution < 1.29 is 4.74 Å². The number of nitrogens with one attached hydrogen (secondary N) is 2. The number of H-pyrrole nitrogens is 1. The van der Waals surface area contributed by atoms with E-state index in [2.05, 4.69) is 39.2 Å². The van der Waals surface area contributed by atoms with Crippen LogP contribution in [0.25, 0.3) is 11.0 Å². The number of fused-ring (bicyclic) bond motifs is 1. The first kappa shape index (κ1) is 19.0. The Morgan fingerprint density at radius 2 is 2.15 bits per heavy atom. The lowest BCUT2D eigenvalue weighted by atomic mass is 10.00. The number of hydrogen-bond acceptors (Lipinski definition) is 5. The summed E-state index contributed by atoms with van der Waals surface area (Å²) in [5.74, 6) is 0. The summed E-state index contributed by atoms with van der Waals surface area (Å²) in [7, 11) is 1.74. The van der Waals surface area contributed by atoms with E-state index in [0.29, 0.717) is 24.2 Å². The van der Waals surface area contributed by atoms with E-state index in [4.69, 9.17) is 4.74 Å². The molecule has 1 saturated heterocycles. The Morgan fingerprint density at radius 1 is 1.38 bits per heavy atom. The van der Waals surface area contributed by atoms with Crippen LogP contribution in [0.4, 0.5) is 0 Å². The van der Waals surface area contributed by atoms with Gasteiger partial charge in [-0.2, -0.15) is 0 Å². The van der Waals surface area contributed by atoms with Gasteiger partial charge in [0.05, 0.1) is 17.6 Å². The second kappa shape index (κ2) is 8.75. The number of rotatable bonds is 7. The largest absolute Gasteiger partial charge is 0.383 e. The maximum absolute atomic E-state index is 12.0. The Labute approximate surface area is 155 Å². The third-order valence-corrected chi connectivity index (χ3v) is 5.42. The van der Waals surface area contributed by atoms with Gasteiger partial charge in [0, 0.05) is 38.8 Å². The van der Waals surface area contributed by atoms with Gasteiger partial charge in [-0.15, -0.1) is 0 Å². The van der Waals surface area contributed by atoms with Gasteiger partial charge >= 0.3 is 0 Å². The maximum Gasteiger partial charge on any atom is 0.270 e. The van der Waals surface area contributed by atoms with E-state index in [1.165, 1.54) is 5.56 Å². The lowest BCUT2D eigenvalue weighted by Gasteiger charge is -2.36. The minimum absolute atomic E-state index is 0.0762. The minimum atomic E-state index is -0.0762. The average Bonchev–Trinajstić information content (AvgIpc) is 2.67. The topological polar surface area (TPSA) is 70.2 Å². The van der Waals surface area contributed by atoms with Gasteiger partial charge in [0.15, 0.2) is 0 Å². The minimum Gasteiger partial charge on any atom is -0.383 e. The van der Waals surface area contributed by atoms with Gasteiger partial charge in [0.25, 0.3) is 5.56 Å². The number of benzene rings is 1. The molecule has 2 N–H and O–H groups in total. The molecule has 0 saturated carbocycles. The van der Waals surface area contributed by atoms with Crippen molar-refractivity contribution in [3.8, 4) is 0 Å². The molecule has 1 aromatic heterocycles. The first-order valence-electron chi connectivity index (χ1n) is 9.61. The molecule has 1 atom stereocenters. The molecular weight excluding hydrogens is 328 g/mol. The van der Waals surface area contributed by atoms with Gasteiger partial charge in [0.1, 0.15) is 5.69 Å². The highest BCUT2D eigenvalue weighted by atomic mass is 16.5. The summed E-state index contributed by atoms with van der Waals surface area (Å²) in [6, 6.07) is 7.15. The van der Waals surface area contributed by atoms with Crippen LogP contribution >= 0.6 is 0 Å². The molecule has 6 nitrogen and oxygen atoms in total. The Kier molecular flexibility index (Phi) is 6.40. The highest BCUT2D eigenvalue weighted by Gasteiger charge is 2.23. The van der Waals surface area contributed by atoms with Crippen molar-refractivity contribution in [2.45, 2.75) is 45.2 Å². The molecule has 0 amide bonds. The van der Waals surface area contributed by atoms with Crippen molar-refractivity contribution in [2.75, 3.05) is 33.4 Å². The lowest BCUT2D eigenvalue weighted by Crippen LogP contribution is -2.44. The van der Waals surface area contributed by atoms with Crippen molar-refractivity contribution in [1.29, 1.82) is 0 Å². The van der Waals surface area contributed by atoms with Crippen LogP contribution in [0, 0.1) is 0 Å². The molecule has 2 aromatic rings. The van der Waals surface area contributed by atoms with Crippen LogP contribution in [0.5, 0.6) is 0 Å². The molecule has 142 valence electrons. The second-order valence-electron chi connectivity index (χ2n) is 7.08. The second-order valence-corrected chi connectivity index (χ2v) is 7.08. The Hall–Kier alpha value is -1.76. The van der Waals surface area contributed by atoms with Crippen molar-refractivity contribution >= 4 is 11.0 Å². The Bertz CT molecular complexity index is 781. The molecule has 0 radical (unpaired) electrons. The van der Waals surface area contributed by atoms with E-state index < -0.39 is 0 Å². The van der Waals surface area contributed by atoms with E-state index in [1.54, 1.807) is 7.11 Å². The van der Waals surface area contributed by atoms with Crippen molar-refractivity contribution in [1.82, 2.24) is 20.2 Å². The number of nitrogens with zero attached hydrogens (tertiary/aromatic N) is 2. The number of methoxy groups -OCH3 is 1. The molecule has 0 bridgehead atoms. The molecular formula is C20H30N4O2. The van der Waals surface area contributed by atoms with Gasteiger partial charge in [-0.1, -0.05) is 13.0 Å². The van der Waals surface area contributed by atoms with E-state index in [-0.39, 0.29) is 5.56 Å².